The minimum Gasteiger partial charge on any atom is -0.493 e. The van der Waals surface area contributed by atoms with Gasteiger partial charge >= 0.3 is 0 Å². The zero-order valence-corrected chi connectivity index (χ0v) is 22.6. The van der Waals surface area contributed by atoms with Crippen molar-refractivity contribution in [1.29, 1.82) is 0 Å². The van der Waals surface area contributed by atoms with E-state index in [2.05, 4.69) is 37.2 Å². The molecule has 3 N–H and O–H groups in total. The molecule has 0 spiro atoms. The van der Waals surface area contributed by atoms with Gasteiger partial charge in [0.1, 0.15) is 18.0 Å². The highest BCUT2D eigenvalue weighted by Gasteiger charge is 2.22. The van der Waals surface area contributed by atoms with E-state index in [0.717, 1.165) is 39.1 Å². The fourth-order valence-corrected chi connectivity index (χ4v) is 4.78. The number of nitrogens with one attached hydrogen (secondary N) is 1. The molecule has 11 nitrogen and oxygen atoms in total. The Bertz CT molecular complexity index is 1470. The second-order valence-electron chi connectivity index (χ2n) is 9.78. The third-order valence-corrected chi connectivity index (χ3v) is 6.96. The zero-order chi connectivity index (χ0) is 28.1. The largest absolute Gasteiger partial charge is 0.493 e. The second kappa shape index (κ2) is 12.3. The maximum atomic E-state index is 13.8. The van der Waals surface area contributed by atoms with Crippen LogP contribution in [0.25, 0.3) is 10.9 Å². The second-order valence-corrected chi connectivity index (χ2v) is 9.78. The third kappa shape index (κ3) is 6.29. The number of halogens is 1. The first-order chi connectivity index (χ1) is 19.4. The monoisotopic (exact) mass is 548 g/mol. The van der Waals surface area contributed by atoms with Gasteiger partial charge in [-0.25, -0.2) is 14.4 Å². The van der Waals surface area contributed by atoms with Crippen molar-refractivity contribution in [1.82, 2.24) is 29.5 Å². The van der Waals surface area contributed by atoms with E-state index in [1.165, 1.54) is 35.4 Å². The number of methoxy groups -OCH3 is 1. The molecule has 1 atom stereocenters. The molecule has 1 aliphatic heterocycles. The Morgan fingerprint density at radius 3 is 2.73 bits per heavy atom. The molecule has 4 aromatic rings. The molecule has 1 fully saturated rings. The molecule has 0 radical (unpaired) electrons. The zero-order valence-electron chi connectivity index (χ0n) is 22.6. The number of piperazine rings is 1. The topological polar surface area (TPSA) is 124 Å². The quantitative estimate of drug-likeness (QED) is 0.272. The van der Waals surface area contributed by atoms with E-state index < -0.39 is 17.8 Å². The van der Waals surface area contributed by atoms with Crippen LogP contribution in [0.1, 0.15) is 18.0 Å². The summed E-state index contributed by atoms with van der Waals surface area (Å²) in [5.41, 5.74) is 7.26. The molecule has 1 unspecified atom stereocenters. The van der Waals surface area contributed by atoms with E-state index >= 15 is 0 Å². The Kier molecular flexibility index (Phi) is 8.37. The van der Waals surface area contributed by atoms with Gasteiger partial charge < -0.3 is 30.3 Å². The number of likely N-dealkylation sites (N-methyl/N-ethyl adjacent to an activating group) is 1. The Morgan fingerprint density at radius 1 is 1.15 bits per heavy atom. The van der Waals surface area contributed by atoms with Crippen LogP contribution in [0, 0.1) is 5.82 Å². The number of anilines is 2. The lowest BCUT2D eigenvalue weighted by atomic mass is 10.1. The van der Waals surface area contributed by atoms with Crippen molar-refractivity contribution in [3.63, 3.8) is 0 Å². The number of nitrogens with two attached hydrogens (primary N) is 1. The fraction of sp³-hybridized carbons (Fsp3) is 0.357. The minimum atomic E-state index is -0.968. The SMILES string of the molecule is COc1cc2c(Nc3cnn(C(C(N)=O)c4cccc(F)c4)c3)ncnc2cc1OCCCN1CCN(C)CC1. The summed E-state index contributed by atoms with van der Waals surface area (Å²) in [7, 11) is 3.74. The lowest BCUT2D eigenvalue weighted by molar-refractivity contribution is -0.120. The molecular formula is C28H33FN8O3. The number of fused-ring (bicyclic) bond motifs is 1. The van der Waals surface area contributed by atoms with Crippen LogP contribution in [-0.4, -0.2) is 88.9 Å². The minimum absolute atomic E-state index is 0.399. The van der Waals surface area contributed by atoms with E-state index in [-0.39, 0.29) is 0 Å². The summed E-state index contributed by atoms with van der Waals surface area (Å²) in [6.45, 7) is 5.90. The lowest BCUT2D eigenvalue weighted by Crippen LogP contribution is -2.44. The van der Waals surface area contributed by atoms with Crippen LogP contribution in [0.5, 0.6) is 11.5 Å². The van der Waals surface area contributed by atoms with Crippen molar-refractivity contribution in [2.45, 2.75) is 12.5 Å². The first-order valence-corrected chi connectivity index (χ1v) is 13.1. The van der Waals surface area contributed by atoms with Gasteiger partial charge in [0.25, 0.3) is 0 Å². The number of hydrogen-bond acceptors (Lipinski definition) is 9. The van der Waals surface area contributed by atoms with Crippen molar-refractivity contribution >= 4 is 28.3 Å². The first kappa shape index (κ1) is 27.3. The number of primary amides is 1. The van der Waals surface area contributed by atoms with Crippen LogP contribution in [-0.2, 0) is 4.79 Å². The number of nitrogens with zero attached hydrogens (tertiary/aromatic N) is 6. The summed E-state index contributed by atoms with van der Waals surface area (Å²) >= 11 is 0. The van der Waals surface area contributed by atoms with Gasteiger partial charge in [0.15, 0.2) is 17.5 Å². The number of rotatable bonds is 11. The molecule has 12 heteroatoms. The molecule has 5 rings (SSSR count). The van der Waals surface area contributed by atoms with Gasteiger partial charge in [0.2, 0.25) is 5.91 Å². The molecule has 1 saturated heterocycles. The van der Waals surface area contributed by atoms with Crippen LogP contribution < -0.4 is 20.5 Å². The number of carbonyl (C=O) groups excluding carboxylic acids is 1. The Balaban J connectivity index is 1.30. The molecule has 40 heavy (non-hydrogen) atoms. The predicted molar refractivity (Wildman–Crippen MR) is 149 cm³/mol. The Morgan fingerprint density at radius 2 is 1.98 bits per heavy atom. The van der Waals surface area contributed by atoms with E-state index in [1.807, 2.05) is 12.1 Å². The number of ether oxygens (including phenoxy) is 2. The molecule has 3 heterocycles. The highest BCUT2D eigenvalue weighted by Crippen LogP contribution is 2.35. The Labute approximate surface area is 231 Å². The molecular weight excluding hydrogens is 515 g/mol. The van der Waals surface area contributed by atoms with E-state index in [0.29, 0.717) is 46.1 Å². The molecule has 1 amide bonds. The van der Waals surface area contributed by atoms with Crippen LogP contribution >= 0.6 is 0 Å². The molecule has 0 saturated carbocycles. The third-order valence-electron chi connectivity index (χ3n) is 6.96. The highest BCUT2D eigenvalue weighted by atomic mass is 19.1. The van der Waals surface area contributed by atoms with E-state index in [4.69, 9.17) is 15.2 Å². The van der Waals surface area contributed by atoms with Crippen LogP contribution in [0.4, 0.5) is 15.9 Å². The van der Waals surface area contributed by atoms with Crippen molar-refractivity contribution in [2.75, 3.05) is 58.8 Å². The number of benzene rings is 2. The Hall–Kier alpha value is -4.29. The van der Waals surface area contributed by atoms with Gasteiger partial charge in [-0.15, -0.1) is 0 Å². The predicted octanol–water partition coefficient (Wildman–Crippen LogP) is 2.81. The normalized spacial score (nSPS) is 15.2. The highest BCUT2D eigenvalue weighted by molar-refractivity contribution is 5.93. The lowest BCUT2D eigenvalue weighted by Gasteiger charge is -2.32. The van der Waals surface area contributed by atoms with Gasteiger partial charge in [-0.2, -0.15) is 5.10 Å². The van der Waals surface area contributed by atoms with Gasteiger partial charge in [-0.1, -0.05) is 12.1 Å². The average molecular weight is 549 g/mol. The number of aromatic nitrogens is 4. The molecule has 1 aliphatic rings. The summed E-state index contributed by atoms with van der Waals surface area (Å²) in [6, 6.07) is 8.42. The van der Waals surface area contributed by atoms with Crippen LogP contribution in [0.3, 0.4) is 0 Å². The van der Waals surface area contributed by atoms with Crippen molar-refractivity contribution in [3.8, 4) is 11.5 Å². The molecule has 210 valence electrons. The van der Waals surface area contributed by atoms with Gasteiger partial charge in [0.05, 0.1) is 31.1 Å². The first-order valence-electron chi connectivity index (χ1n) is 13.1. The summed E-state index contributed by atoms with van der Waals surface area (Å²) in [6.07, 6.45) is 5.52. The molecule has 0 aliphatic carbocycles. The maximum absolute atomic E-state index is 13.8. The van der Waals surface area contributed by atoms with Gasteiger partial charge in [-0.3, -0.25) is 9.48 Å². The summed E-state index contributed by atoms with van der Waals surface area (Å²) in [5, 5.41) is 8.22. The van der Waals surface area contributed by atoms with Crippen molar-refractivity contribution in [2.24, 2.45) is 5.73 Å². The van der Waals surface area contributed by atoms with Crippen LogP contribution in [0.2, 0.25) is 0 Å². The van der Waals surface area contributed by atoms with Crippen molar-refractivity contribution in [3.05, 3.63) is 66.5 Å². The van der Waals surface area contributed by atoms with Gasteiger partial charge in [-0.05, 0) is 37.2 Å². The van der Waals surface area contributed by atoms with E-state index in [1.54, 1.807) is 19.4 Å². The summed E-state index contributed by atoms with van der Waals surface area (Å²) in [5.74, 6) is 0.583. The average Bonchev–Trinajstić information content (AvgIpc) is 3.39. The fourth-order valence-electron chi connectivity index (χ4n) is 4.78. The maximum Gasteiger partial charge on any atom is 0.246 e. The van der Waals surface area contributed by atoms with Crippen LogP contribution in [0.15, 0.2) is 55.1 Å². The molecule has 2 aromatic heterocycles. The molecule has 2 aromatic carbocycles. The smallest absolute Gasteiger partial charge is 0.246 e. The standard InChI is InChI=1S/C28H33FN8O3/c1-35-8-10-36(11-9-35)7-4-12-40-25-15-23-22(14-24(25)39-2)28(32-18-31-23)34-21-16-33-37(17-21)26(27(30)38)19-5-3-6-20(29)13-19/h3,5-6,13-18,26H,4,7-12H2,1-2H3,(H2,30,38)(H,31,32,34). The van der Waals surface area contributed by atoms with E-state index in [9.17, 15) is 9.18 Å². The van der Waals surface area contributed by atoms with Crippen molar-refractivity contribution < 1.29 is 18.7 Å². The molecule has 0 bridgehead atoms. The number of amides is 1. The number of carbonyl (C=O) groups is 1. The number of hydrogen-bond donors (Lipinski definition) is 2. The summed E-state index contributed by atoms with van der Waals surface area (Å²) in [4.78, 5) is 25.8. The van der Waals surface area contributed by atoms with Gasteiger partial charge in [0, 0.05) is 50.4 Å². The summed E-state index contributed by atoms with van der Waals surface area (Å²) < 4.78 is 26.9.